The number of ether oxygens (including phenoxy) is 3. The van der Waals surface area contributed by atoms with Gasteiger partial charge in [-0.2, -0.15) is 0 Å². The van der Waals surface area contributed by atoms with E-state index in [1.807, 2.05) is 6.07 Å². The number of phenolic OH excluding ortho intramolecular Hbond substituents is 1. The number of rotatable bonds is 6. The number of carbonyl (C=O) groups excluding carboxylic acids is 1. The van der Waals surface area contributed by atoms with Crippen LogP contribution in [0.5, 0.6) is 23.0 Å². The Morgan fingerprint density at radius 3 is 2.42 bits per heavy atom. The Balaban J connectivity index is 1.43. The number of allylic oxidation sites excluding steroid dienone is 2. The molecule has 2 saturated carbocycles. The number of phenols is 1. The first kappa shape index (κ1) is 24.5. The van der Waals surface area contributed by atoms with Crippen LogP contribution < -0.4 is 14.2 Å². The van der Waals surface area contributed by atoms with E-state index in [4.69, 9.17) is 14.2 Å². The maximum absolute atomic E-state index is 13.0. The van der Waals surface area contributed by atoms with Gasteiger partial charge < -0.3 is 19.3 Å². The summed E-state index contributed by atoms with van der Waals surface area (Å²) in [7, 11) is 4.57. The number of benzene rings is 2. The van der Waals surface area contributed by atoms with Gasteiger partial charge >= 0.3 is 0 Å². The van der Waals surface area contributed by atoms with E-state index >= 15 is 0 Å². The third-order valence-electron chi connectivity index (χ3n) is 9.19. The van der Waals surface area contributed by atoms with Crippen LogP contribution in [0, 0.1) is 17.3 Å². The minimum Gasteiger partial charge on any atom is -0.507 e. The van der Waals surface area contributed by atoms with Crippen molar-refractivity contribution in [3.05, 3.63) is 64.7 Å². The van der Waals surface area contributed by atoms with Crippen molar-refractivity contribution in [2.45, 2.75) is 51.4 Å². The van der Waals surface area contributed by atoms with Crippen molar-refractivity contribution in [1.29, 1.82) is 0 Å². The number of hydrogen-bond donors (Lipinski definition) is 1. The van der Waals surface area contributed by atoms with Gasteiger partial charge in [0.05, 0.1) is 21.3 Å². The van der Waals surface area contributed by atoms with Gasteiger partial charge in [-0.25, -0.2) is 0 Å². The fourth-order valence-corrected chi connectivity index (χ4v) is 7.15. The molecule has 0 radical (unpaired) electrons. The molecule has 0 bridgehead atoms. The number of aromatic hydroxyl groups is 1. The Bertz CT molecular complexity index is 1220. The number of ketones is 1. The summed E-state index contributed by atoms with van der Waals surface area (Å²) in [5, 5.41) is 10.8. The summed E-state index contributed by atoms with van der Waals surface area (Å²) in [6.45, 7) is 6.85. The van der Waals surface area contributed by atoms with E-state index < -0.39 is 0 Å². The van der Waals surface area contributed by atoms with Crippen molar-refractivity contribution in [3.63, 3.8) is 0 Å². The van der Waals surface area contributed by atoms with Crippen LogP contribution in [0.15, 0.2) is 42.5 Å². The number of hydrogen-bond acceptors (Lipinski definition) is 5. The SMILES string of the molecule is C=C1CC[C@H]2[C@@H]3CCc4cc(O)c(/C=C/C(=O)c5cc(OC)c(OC)c(OC)c5)cc4[C@H]3CC[C@]12C. The van der Waals surface area contributed by atoms with Crippen molar-refractivity contribution in [3.8, 4) is 23.0 Å². The molecule has 36 heavy (non-hydrogen) atoms. The minimum absolute atomic E-state index is 0.206. The zero-order valence-electron chi connectivity index (χ0n) is 21.7. The predicted octanol–water partition coefficient (Wildman–Crippen LogP) is 6.73. The van der Waals surface area contributed by atoms with Gasteiger partial charge in [0.25, 0.3) is 0 Å². The van der Waals surface area contributed by atoms with Crippen molar-refractivity contribution in [2.24, 2.45) is 17.3 Å². The highest BCUT2D eigenvalue weighted by Crippen LogP contribution is 2.62. The second-order valence-electron chi connectivity index (χ2n) is 10.7. The lowest BCUT2D eigenvalue weighted by molar-refractivity contribution is 0.0816. The van der Waals surface area contributed by atoms with Crippen LogP contribution in [-0.2, 0) is 6.42 Å². The molecular formula is C31H36O5. The smallest absolute Gasteiger partial charge is 0.203 e. The average Bonchev–Trinajstić information content (AvgIpc) is 3.20. The molecule has 0 unspecified atom stereocenters. The summed E-state index contributed by atoms with van der Waals surface area (Å²) in [5.74, 6) is 3.18. The number of aryl methyl sites for hydroxylation is 1. The predicted molar refractivity (Wildman–Crippen MR) is 141 cm³/mol. The molecule has 2 fully saturated rings. The molecule has 2 aromatic carbocycles. The quantitative estimate of drug-likeness (QED) is 0.278. The largest absolute Gasteiger partial charge is 0.507 e. The van der Waals surface area contributed by atoms with Gasteiger partial charge in [-0.15, -0.1) is 0 Å². The molecule has 3 aliphatic rings. The molecule has 0 saturated heterocycles. The molecule has 5 rings (SSSR count). The molecule has 2 aromatic rings. The highest BCUT2D eigenvalue weighted by molar-refractivity contribution is 6.07. The number of fused-ring (bicyclic) bond motifs is 5. The first-order valence-electron chi connectivity index (χ1n) is 12.9. The van der Waals surface area contributed by atoms with Crippen LogP contribution in [0.3, 0.4) is 0 Å². The summed E-state index contributed by atoms with van der Waals surface area (Å²) in [5.41, 5.74) is 5.43. The molecular weight excluding hydrogens is 452 g/mol. The Labute approximate surface area is 213 Å². The molecule has 190 valence electrons. The lowest BCUT2D eigenvalue weighted by Gasteiger charge is -2.49. The topological polar surface area (TPSA) is 65.0 Å². The van der Waals surface area contributed by atoms with Crippen LogP contribution in [0.1, 0.15) is 72.0 Å². The Kier molecular flexibility index (Phi) is 6.36. The van der Waals surface area contributed by atoms with Gasteiger partial charge in [0.15, 0.2) is 17.3 Å². The first-order chi connectivity index (χ1) is 17.3. The summed E-state index contributed by atoms with van der Waals surface area (Å²) in [6.07, 6.45) is 10.1. The highest BCUT2D eigenvalue weighted by Gasteiger charge is 2.51. The van der Waals surface area contributed by atoms with E-state index in [2.05, 4.69) is 19.6 Å². The fraction of sp³-hybridized carbons (Fsp3) is 0.452. The molecule has 0 aromatic heterocycles. The van der Waals surface area contributed by atoms with E-state index in [1.54, 1.807) is 18.2 Å². The van der Waals surface area contributed by atoms with Crippen molar-refractivity contribution < 1.29 is 24.1 Å². The number of carbonyl (C=O) groups is 1. The van der Waals surface area contributed by atoms with E-state index in [0.717, 1.165) is 19.3 Å². The minimum atomic E-state index is -0.206. The van der Waals surface area contributed by atoms with Crippen LogP contribution >= 0.6 is 0 Å². The van der Waals surface area contributed by atoms with Gasteiger partial charge in [-0.05, 0) is 109 Å². The van der Waals surface area contributed by atoms with E-state index in [-0.39, 0.29) is 16.9 Å². The number of methoxy groups -OCH3 is 3. The third-order valence-corrected chi connectivity index (χ3v) is 9.19. The second-order valence-corrected chi connectivity index (χ2v) is 10.7. The summed E-state index contributed by atoms with van der Waals surface area (Å²) >= 11 is 0. The zero-order chi connectivity index (χ0) is 25.6. The van der Waals surface area contributed by atoms with Crippen molar-refractivity contribution in [2.75, 3.05) is 21.3 Å². The summed E-state index contributed by atoms with van der Waals surface area (Å²) in [6, 6.07) is 7.31. The molecule has 3 aliphatic carbocycles. The van der Waals surface area contributed by atoms with Crippen LogP contribution in [0.25, 0.3) is 6.08 Å². The Hall–Kier alpha value is -3.21. The van der Waals surface area contributed by atoms with Crippen LogP contribution in [-0.4, -0.2) is 32.2 Å². The maximum atomic E-state index is 13.0. The van der Waals surface area contributed by atoms with E-state index in [0.29, 0.717) is 46.1 Å². The molecule has 4 atom stereocenters. The highest BCUT2D eigenvalue weighted by atomic mass is 16.5. The maximum Gasteiger partial charge on any atom is 0.203 e. The lowest BCUT2D eigenvalue weighted by atomic mass is 9.55. The van der Waals surface area contributed by atoms with E-state index in [9.17, 15) is 9.90 Å². The Morgan fingerprint density at radius 1 is 1.03 bits per heavy atom. The third kappa shape index (κ3) is 3.89. The van der Waals surface area contributed by atoms with Crippen LogP contribution in [0.4, 0.5) is 0 Å². The Morgan fingerprint density at radius 2 is 1.75 bits per heavy atom. The van der Waals surface area contributed by atoms with Crippen molar-refractivity contribution in [1.82, 2.24) is 0 Å². The molecule has 0 amide bonds. The van der Waals surface area contributed by atoms with Crippen LogP contribution in [0.2, 0.25) is 0 Å². The molecule has 1 N–H and O–H groups in total. The van der Waals surface area contributed by atoms with Crippen molar-refractivity contribution >= 4 is 11.9 Å². The standard InChI is InChI=1S/C31H36O5/c1-18-6-10-25-23-9-7-19-15-27(33)20(14-24(19)22(23)12-13-31(18,25)2)8-11-26(32)21-16-28(34-3)30(36-5)29(17-21)35-4/h8,11,14-17,22-23,25,33H,1,6-7,9-10,12-13H2,2-5H3/b11-8+/t22-,23+,25-,31+/m0/s1. The summed E-state index contributed by atoms with van der Waals surface area (Å²) in [4.78, 5) is 13.0. The average molecular weight is 489 g/mol. The molecule has 5 heteroatoms. The van der Waals surface area contributed by atoms with Gasteiger partial charge in [-0.1, -0.05) is 19.1 Å². The molecule has 0 aliphatic heterocycles. The molecule has 0 spiro atoms. The normalized spacial score (nSPS) is 26.8. The van der Waals surface area contributed by atoms with Gasteiger partial charge in [0, 0.05) is 11.1 Å². The molecule has 0 heterocycles. The zero-order valence-corrected chi connectivity index (χ0v) is 21.7. The van der Waals surface area contributed by atoms with Gasteiger partial charge in [0.1, 0.15) is 5.75 Å². The van der Waals surface area contributed by atoms with Gasteiger partial charge in [0.2, 0.25) is 5.75 Å². The summed E-state index contributed by atoms with van der Waals surface area (Å²) < 4.78 is 16.1. The van der Waals surface area contributed by atoms with E-state index in [1.165, 1.54) is 63.4 Å². The fourth-order valence-electron chi connectivity index (χ4n) is 7.15. The second kappa shape index (κ2) is 9.34. The first-order valence-corrected chi connectivity index (χ1v) is 12.9. The lowest BCUT2D eigenvalue weighted by Crippen LogP contribution is -2.40. The monoisotopic (exact) mass is 488 g/mol. The van der Waals surface area contributed by atoms with Gasteiger partial charge in [-0.3, -0.25) is 4.79 Å². The molecule has 5 nitrogen and oxygen atoms in total.